The number of carboxylic acids is 1. The highest BCUT2D eigenvalue weighted by atomic mass is 35.5. The number of nitrogens with zero attached hydrogens (tertiary/aromatic N) is 2. The molecule has 0 aliphatic carbocycles. The van der Waals surface area contributed by atoms with Gasteiger partial charge in [-0.1, -0.05) is 11.6 Å². The van der Waals surface area contributed by atoms with Gasteiger partial charge in [-0.05, 0) is 51.8 Å². The number of nitrogens with one attached hydrogen (secondary N) is 1. The third-order valence-corrected chi connectivity index (χ3v) is 5.24. The summed E-state index contributed by atoms with van der Waals surface area (Å²) in [6.45, 7) is 7.60. The van der Waals surface area contributed by atoms with Gasteiger partial charge in [0.15, 0.2) is 5.69 Å². The Morgan fingerprint density at radius 3 is 2.44 bits per heavy atom. The maximum atomic E-state index is 13.9. The van der Waals surface area contributed by atoms with E-state index >= 15 is 0 Å². The van der Waals surface area contributed by atoms with Crippen LogP contribution in [0.25, 0.3) is 11.1 Å². The predicted molar refractivity (Wildman–Crippen MR) is 116 cm³/mol. The summed E-state index contributed by atoms with van der Waals surface area (Å²) in [6.07, 6.45) is 1.01. The highest BCUT2D eigenvalue weighted by Crippen LogP contribution is 2.41. The van der Waals surface area contributed by atoms with Gasteiger partial charge in [0.1, 0.15) is 17.2 Å². The number of halogens is 3. The molecule has 1 atom stereocenters. The molecular weight excluding hydrogens is 444 g/mol. The number of aromatic nitrogens is 1. The third-order valence-electron chi connectivity index (χ3n) is 4.95. The molecule has 172 valence electrons. The van der Waals surface area contributed by atoms with E-state index in [0.29, 0.717) is 19.0 Å². The van der Waals surface area contributed by atoms with Gasteiger partial charge in [-0.2, -0.15) is 0 Å². The van der Waals surface area contributed by atoms with E-state index in [1.165, 1.54) is 0 Å². The van der Waals surface area contributed by atoms with Crippen LogP contribution in [0.15, 0.2) is 24.4 Å². The maximum absolute atomic E-state index is 13.9. The van der Waals surface area contributed by atoms with E-state index in [9.17, 15) is 23.5 Å². The molecule has 0 radical (unpaired) electrons. The summed E-state index contributed by atoms with van der Waals surface area (Å²) >= 11 is 6.33. The summed E-state index contributed by atoms with van der Waals surface area (Å²) < 4.78 is 33.2. The smallest absolute Gasteiger partial charge is 0.408 e. The summed E-state index contributed by atoms with van der Waals surface area (Å²) in [5.41, 5.74) is -1.37. The molecule has 7 nitrogen and oxygen atoms in total. The third kappa shape index (κ3) is 5.27. The van der Waals surface area contributed by atoms with Gasteiger partial charge >= 0.3 is 12.1 Å². The summed E-state index contributed by atoms with van der Waals surface area (Å²) in [5.74, 6) is -2.97. The minimum atomic E-state index is -1.32. The molecule has 0 bridgehead atoms. The van der Waals surface area contributed by atoms with Crippen molar-refractivity contribution in [3.8, 4) is 11.1 Å². The van der Waals surface area contributed by atoms with Crippen molar-refractivity contribution < 1.29 is 28.2 Å². The van der Waals surface area contributed by atoms with Crippen LogP contribution < -0.4 is 10.2 Å². The molecule has 1 aromatic carbocycles. The van der Waals surface area contributed by atoms with E-state index in [1.807, 2.05) is 0 Å². The first-order valence-corrected chi connectivity index (χ1v) is 10.3. The Morgan fingerprint density at radius 2 is 1.88 bits per heavy atom. The van der Waals surface area contributed by atoms with Crippen LogP contribution in [-0.4, -0.2) is 46.4 Å². The van der Waals surface area contributed by atoms with Crippen molar-refractivity contribution in [3.63, 3.8) is 0 Å². The van der Waals surface area contributed by atoms with Crippen LogP contribution in [0, 0.1) is 11.6 Å². The Balaban J connectivity index is 2.03. The monoisotopic (exact) mass is 467 g/mol. The largest absolute Gasteiger partial charge is 0.476 e. The number of carboxylic acid groups (broad SMARTS) is 1. The number of benzene rings is 1. The van der Waals surface area contributed by atoms with E-state index in [2.05, 4.69) is 10.3 Å². The molecule has 2 aromatic rings. The molecule has 32 heavy (non-hydrogen) atoms. The first kappa shape index (κ1) is 23.7. The molecule has 1 unspecified atom stereocenters. The molecule has 2 N–H and O–H groups in total. The summed E-state index contributed by atoms with van der Waals surface area (Å²) in [4.78, 5) is 29.9. The van der Waals surface area contributed by atoms with Crippen LogP contribution in [0.1, 0.15) is 44.6 Å². The lowest BCUT2D eigenvalue weighted by molar-refractivity contribution is 0.0472. The number of carbonyl (C=O) groups is 2. The second kappa shape index (κ2) is 8.54. The topological polar surface area (TPSA) is 91.8 Å². The second-order valence-corrected chi connectivity index (χ2v) is 9.41. The Hall–Kier alpha value is -2.94. The van der Waals surface area contributed by atoms with Gasteiger partial charge in [-0.15, -0.1) is 0 Å². The number of anilines is 1. The molecule has 1 fully saturated rings. The average molecular weight is 468 g/mol. The van der Waals surface area contributed by atoms with Crippen LogP contribution in [0.4, 0.5) is 19.3 Å². The number of aromatic carboxylic acids is 1. The van der Waals surface area contributed by atoms with E-state index < -0.39 is 34.8 Å². The normalized spacial score (nSPS) is 18.5. The number of ether oxygens (including phenoxy) is 1. The zero-order valence-electron chi connectivity index (χ0n) is 18.1. The van der Waals surface area contributed by atoms with Crippen LogP contribution >= 0.6 is 11.6 Å². The maximum Gasteiger partial charge on any atom is 0.408 e. The van der Waals surface area contributed by atoms with E-state index in [1.54, 1.807) is 32.6 Å². The van der Waals surface area contributed by atoms with Gasteiger partial charge in [0.25, 0.3) is 0 Å². The average Bonchev–Trinajstić information content (AvgIpc) is 2.99. The van der Waals surface area contributed by atoms with Crippen LogP contribution in [0.3, 0.4) is 0 Å². The molecule has 2 heterocycles. The molecule has 1 aromatic heterocycles. The van der Waals surface area contributed by atoms with Gasteiger partial charge in [0.2, 0.25) is 0 Å². The second-order valence-electron chi connectivity index (χ2n) is 9.00. The lowest BCUT2D eigenvalue weighted by Gasteiger charge is -2.30. The first-order chi connectivity index (χ1) is 14.8. The van der Waals surface area contributed by atoms with Gasteiger partial charge in [0.05, 0.1) is 16.2 Å². The number of amides is 1. The number of carbonyl (C=O) groups excluding carboxylic acids is 1. The van der Waals surface area contributed by atoms with Crippen LogP contribution in [0.5, 0.6) is 0 Å². The number of hydrogen-bond acceptors (Lipinski definition) is 5. The van der Waals surface area contributed by atoms with Crippen molar-refractivity contribution in [1.82, 2.24) is 10.3 Å². The lowest BCUT2D eigenvalue weighted by atomic mass is 10.0. The fourth-order valence-electron chi connectivity index (χ4n) is 3.72. The molecule has 1 saturated heterocycles. The quantitative estimate of drug-likeness (QED) is 0.666. The number of hydrogen-bond donors (Lipinski definition) is 2. The van der Waals surface area contributed by atoms with Crippen molar-refractivity contribution in [2.45, 2.75) is 45.3 Å². The number of alkyl carbamates (subject to hydrolysis) is 1. The minimum Gasteiger partial charge on any atom is -0.476 e. The fourth-order valence-corrected chi connectivity index (χ4v) is 3.97. The standard InChI is InChI=1S/C22H24ClF2N3O4/c1-21(2,3)32-20(31)27-22(4)5-6-28(11-22)18-16(12-7-13(24)9-14(25)8-12)15(23)10-26-17(18)19(29)30/h7-10H,5-6,11H2,1-4H3,(H,27,31)(H,29,30). The van der Waals surface area contributed by atoms with Crippen molar-refractivity contribution in [3.05, 3.63) is 46.7 Å². The molecular formula is C22H24ClF2N3O4. The predicted octanol–water partition coefficient (Wildman–Crippen LogP) is 4.87. The van der Waals surface area contributed by atoms with Crippen molar-refractivity contribution >= 4 is 29.4 Å². The molecule has 1 aliphatic heterocycles. The van der Waals surface area contributed by atoms with Crippen LogP contribution in [0.2, 0.25) is 5.02 Å². The summed E-state index contributed by atoms with van der Waals surface area (Å²) in [6, 6.07) is 2.87. The van der Waals surface area contributed by atoms with E-state index in [0.717, 1.165) is 18.3 Å². The van der Waals surface area contributed by atoms with Gasteiger partial charge in [0, 0.05) is 30.9 Å². The first-order valence-electron chi connectivity index (χ1n) is 9.92. The van der Waals surface area contributed by atoms with E-state index in [-0.39, 0.29) is 34.1 Å². The minimum absolute atomic E-state index is 0.0451. The van der Waals surface area contributed by atoms with E-state index in [4.69, 9.17) is 16.3 Å². The Bertz CT molecular complexity index is 1050. The lowest BCUT2D eigenvalue weighted by Crippen LogP contribution is -2.49. The molecule has 1 aliphatic rings. The fraction of sp³-hybridized carbons (Fsp3) is 0.409. The summed E-state index contributed by atoms with van der Waals surface area (Å²) in [7, 11) is 0. The molecule has 3 rings (SSSR count). The number of rotatable bonds is 4. The highest BCUT2D eigenvalue weighted by molar-refractivity contribution is 6.34. The van der Waals surface area contributed by atoms with Gasteiger partial charge < -0.3 is 20.1 Å². The molecule has 1 amide bonds. The molecule has 0 spiro atoms. The van der Waals surface area contributed by atoms with Gasteiger partial charge in [-0.3, -0.25) is 0 Å². The molecule has 0 saturated carbocycles. The zero-order chi connectivity index (χ0) is 23.8. The SMILES string of the molecule is CC1(NC(=O)OC(C)(C)C)CCN(c2c(C(=O)O)ncc(Cl)c2-c2cc(F)cc(F)c2)C1. The highest BCUT2D eigenvalue weighted by Gasteiger charge is 2.39. The Kier molecular flexibility index (Phi) is 6.33. The van der Waals surface area contributed by atoms with Crippen molar-refractivity contribution in [2.75, 3.05) is 18.0 Å². The Morgan fingerprint density at radius 1 is 1.25 bits per heavy atom. The Labute approximate surface area is 189 Å². The van der Waals surface area contributed by atoms with Crippen LogP contribution in [-0.2, 0) is 4.74 Å². The summed E-state index contributed by atoms with van der Waals surface area (Å²) in [5, 5.41) is 12.6. The zero-order valence-corrected chi connectivity index (χ0v) is 18.9. The van der Waals surface area contributed by atoms with Gasteiger partial charge in [-0.25, -0.2) is 23.4 Å². The number of pyridine rings is 1. The van der Waals surface area contributed by atoms with Crippen molar-refractivity contribution in [1.29, 1.82) is 0 Å². The molecule has 10 heteroatoms. The van der Waals surface area contributed by atoms with Crippen molar-refractivity contribution in [2.24, 2.45) is 0 Å².